The number of amides is 1. The highest BCUT2D eigenvalue weighted by atomic mass is 35.5. The Morgan fingerprint density at radius 1 is 1.20 bits per heavy atom. The summed E-state index contributed by atoms with van der Waals surface area (Å²) in [6.45, 7) is 3.12. The second-order valence-electron chi connectivity index (χ2n) is 7.84. The van der Waals surface area contributed by atoms with E-state index in [4.69, 9.17) is 11.6 Å². The zero-order valence-electron chi connectivity index (χ0n) is 16.9. The highest BCUT2D eigenvalue weighted by Crippen LogP contribution is 2.18. The third-order valence-corrected chi connectivity index (χ3v) is 5.88. The van der Waals surface area contributed by atoms with Crippen molar-refractivity contribution in [2.75, 3.05) is 13.1 Å². The van der Waals surface area contributed by atoms with E-state index >= 15 is 0 Å². The number of carbonyl (C=O) groups is 1. The molecule has 30 heavy (non-hydrogen) atoms. The third-order valence-electron chi connectivity index (χ3n) is 5.63. The van der Waals surface area contributed by atoms with Crippen molar-refractivity contribution >= 4 is 28.5 Å². The Morgan fingerprint density at radius 3 is 2.80 bits per heavy atom. The standard InChI is InChI=1S/C23H27ClN4O2/c24-18-9-7-17(8-10-18)14-27-12-3-4-19(15-27)25-23(30)11-13-28-21-6-2-1-5-20(21)26-22(28)16-29/h1-2,5-10,19,29H,3-4,11-16H2,(H,25,30)/t19-/m0/s1. The molecule has 0 radical (unpaired) electrons. The number of nitrogens with zero attached hydrogens (tertiary/aromatic N) is 3. The van der Waals surface area contributed by atoms with Crippen molar-refractivity contribution in [3.8, 4) is 0 Å². The van der Waals surface area contributed by atoms with E-state index in [-0.39, 0.29) is 18.6 Å². The molecule has 0 aliphatic carbocycles. The second-order valence-corrected chi connectivity index (χ2v) is 8.28. The van der Waals surface area contributed by atoms with Gasteiger partial charge >= 0.3 is 0 Å². The number of imidazole rings is 1. The van der Waals surface area contributed by atoms with Gasteiger partial charge in [-0.1, -0.05) is 35.9 Å². The van der Waals surface area contributed by atoms with Crippen LogP contribution in [0, 0.1) is 0 Å². The normalized spacial score (nSPS) is 17.3. The molecule has 2 aromatic carbocycles. The number of aliphatic hydroxyl groups is 1. The van der Waals surface area contributed by atoms with E-state index in [1.165, 1.54) is 5.56 Å². The molecule has 0 bridgehead atoms. The number of hydrogen-bond acceptors (Lipinski definition) is 4. The first-order valence-corrected chi connectivity index (χ1v) is 10.8. The Balaban J connectivity index is 1.31. The number of rotatable bonds is 7. The minimum absolute atomic E-state index is 0.0370. The fourth-order valence-electron chi connectivity index (χ4n) is 4.17. The molecule has 0 spiro atoms. The van der Waals surface area contributed by atoms with Crippen molar-refractivity contribution in [3.05, 3.63) is 64.9 Å². The van der Waals surface area contributed by atoms with Crippen LogP contribution in [0.15, 0.2) is 48.5 Å². The molecule has 1 fully saturated rings. The molecule has 1 saturated heterocycles. The predicted octanol–water partition coefficient (Wildman–Crippen LogP) is 3.35. The number of para-hydroxylation sites is 2. The van der Waals surface area contributed by atoms with Gasteiger partial charge in [0, 0.05) is 37.1 Å². The summed E-state index contributed by atoms with van der Waals surface area (Å²) in [5.74, 6) is 0.630. The summed E-state index contributed by atoms with van der Waals surface area (Å²) in [5.41, 5.74) is 3.02. The topological polar surface area (TPSA) is 70.4 Å². The maximum atomic E-state index is 12.6. The number of carbonyl (C=O) groups excluding carboxylic acids is 1. The van der Waals surface area contributed by atoms with Crippen LogP contribution in [-0.2, 0) is 24.5 Å². The van der Waals surface area contributed by atoms with Gasteiger partial charge in [-0.3, -0.25) is 9.69 Å². The molecule has 1 aromatic heterocycles. The van der Waals surface area contributed by atoms with E-state index < -0.39 is 0 Å². The van der Waals surface area contributed by atoms with Crippen molar-refractivity contribution in [2.24, 2.45) is 0 Å². The van der Waals surface area contributed by atoms with E-state index in [2.05, 4.69) is 27.3 Å². The zero-order chi connectivity index (χ0) is 20.9. The smallest absolute Gasteiger partial charge is 0.222 e. The van der Waals surface area contributed by atoms with Gasteiger partial charge in [0.2, 0.25) is 5.91 Å². The van der Waals surface area contributed by atoms with Crippen LogP contribution in [0.4, 0.5) is 0 Å². The molecule has 0 saturated carbocycles. The number of benzene rings is 2. The number of hydrogen-bond donors (Lipinski definition) is 2. The molecule has 1 aliphatic heterocycles. The van der Waals surface area contributed by atoms with Crippen LogP contribution in [0.5, 0.6) is 0 Å². The Kier molecular flexibility index (Phi) is 6.67. The summed E-state index contributed by atoms with van der Waals surface area (Å²) < 4.78 is 1.93. The van der Waals surface area contributed by atoms with Crippen LogP contribution in [0.25, 0.3) is 11.0 Å². The van der Waals surface area contributed by atoms with Gasteiger partial charge in [-0.15, -0.1) is 0 Å². The molecule has 3 aromatic rings. The number of likely N-dealkylation sites (tertiary alicyclic amines) is 1. The van der Waals surface area contributed by atoms with E-state index in [0.29, 0.717) is 18.8 Å². The highest BCUT2D eigenvalue weighted by molar-refractivity contribution is 6.30. The van der Waals surface area contributed by atoms with Crippen LogP contribution >= 0.6 is 11.6 Å². The zero-order valence-corrected chi connectivity index (χ0v) is 17.7. The van der Waals surface area contributed by atoms with Crippen molar-refractivity contribution < 1.29 is 9.90 Å². The maximum Gasteiger partial charge on any atom is 0.222 e. The Labute approximate surface area is 181 Å². The van der Waals surface area contributed by atoms with E-state index in [1.54, 1.807) is 0 Å². The first-order valence-electron chi connectivity index (χ1n) is 10.4. The van der Waals surface area contributed by atoms with E-state index in [0.717, 1.165) is 48.5 Å². The molecule has 1 amide bonds. The summed E-state index contributed by atoms with van der Waals surface area (Å²) in [7, 11) is 0. The Hall–Kier alpha value is -2.41. The Morgan fingerprint density at radius 2 is 2.00 bits per heavy atom. The fourth-order valence-corrected chi connectivity index (χ4v) is 4.30. The number of fused-ring (bicyclic) bond motifs is 1. The lowest BCUT2D eigenvalue weighted by Gasteiger charge is -2.33. The molecule has 7 heteroatoms. The molecular weight excluding hydrogens is 400 g/mol. The minimum atomic E-state index is -0.140. The summed E-state index contributed by atoms with van der Waals surface area (Å²) >= 11 is 5.97. The van der Waals surface area contributed by atoms with E-state index in [9.17, 15) is 9.90 Å². The third kappa shape index (κ3) is 5.01. The number of aryl methyl sites for hydroxylation is 1. The number of halogens is 1. The lowest BCUT2D eigenvalue weighted by molar-refractivity contribution is -0.122. The number of aliphatic hydroxyl groups excluding tert-OH is 1. The van der Waals surface area contributed by atoms with Gasteiger partial charge in [0.25, 0.3) is 0 Å². The average molecular weight is 427 g/mol. The van der Waals surface area contributed by atoms with Gasteiger partial charge in [0.05, 0.1) is 11.0 Å². The summed E-state index contributed by atoms with van der Waals surface area (Å²) in [4.78, 5) is 19.4. The molecule has 2 heterocycles. The first-order chi connectivity index (χ1) is 14.6. The first kappa shape index (κ1) is 20.8. The van der Waals surface area contributed by atoms with Gasteiger partial charge in [-0.25, -0.2) is 4.98 Å². The van der Waals surface area contributed by atoms with Gasteiger partial charge in [0.1, 0.15) is 12.4 Å². The second kappa shape index (κ2) is 9.60. The monoisotopic (exact) mass is 426 g/mol. The highest BCUT2D eigenvalue weighted by Gasteiger charge is 2.21. The lowest BCUT2D eigenvalue weighted by Crippen LogP contribution is -2.47. The molecule has 158 valence electrons. The van der Waals surface area contributed by atoms with E-state index in [1.807, 2.05) is 41.0 Å². The quantitative estimate of drug-likeness (QED) is 0.607. The summed E-state index contributed by atoms with van der Waals surface area (Å²) in [6, 6.07) is 15.9. The van der Waals surface area contributed by atoms with Gasteiger partial charge in [0.15, 0.2) is 0 Å². The molecule has 1 aliphatic rings. The van der Waals surface area contributed by atoms with Gasteiger partial charge < -0.3 is 15.0 Å². The molecule has 1 atom stereocenters. The summed E-state index contributed by atoms with van der Waals surface area (Å²) in [6.07, 6.45) is 2.43. The molecule has 4 rings (SSSR count). The van der Waals surface area contributed by atoms with Gasteiger partial charge in [-0.2, -0.15) is 0 Å². The van der Waals surface area contributed by atoms with Crippen molar-refractivity contribution in [1.82, 2.24) is 19.8 Å². The molecular formula is C23H27ClN4O2. The Bertz CT molecular complexity index is 1000. The summed E-state index contributed by atoms with van der Waals surface area (Å²) in [5, 5.41) is 13.6. The van der Waals surface area contributed by atoms with Crippen molar-refractivity contribution in [2.45, 2.75) is 45.0 Å². The van der Waals surface area contributed by atoms with Crippen LogP contribution in [0.1, 0.15) is 30.7 Å². The maximum absolute atomic E-state index is 12.6. The molecule has 6 nitrogen and oxygen atoms in total. The minimum Gasteiger partial charge on any atom is -0.388 e. The SMILES string of the molecule is O=C(CCn1c(CO)nc2ccccc21)N[C@H]1CCCN(Cc2ccc(Cl)cc2)C1. The lowest BCUT2D eigenvalue weighted by atomic mass is 10.0. The molecule has 2 N–H and O–H groups in total. The predicted molar refractivity (Wildman–Crippen MR) is 118 cm³/mol. The van der Waals surface area contributed by atoms with Crippen LogP contribution in [0.3, 0.4) is 0 Å². The van der Waals surface area contributed by atoms with Crippen LogP contribution < -0.4 is 5.32 Å². The largest absolute Gasteiger partial charge is 0.388 e. The number of piperidine rings is 1. The van der Waals surface area contributed by atoms with Crippen LogP contribution in [-0.4, -0.2) is 44.6 Å². The van der Waals surface area contributed by atoms with Crippen LogP contribution in [0.2, 0.25) is 5.02 Å². The number of aromatic nitrogens is 2. The fraction of sp³-hybridized carbons (Fsp3) is 0.391. The number of nitrogens with one attached hydrogen (secondary N) is 1. The van der Waals surface area contributed by atoms with Crippen molar-refractivity contribution in [1.29, 1.82) is 0 Å². The van der Waals surface area contributed by atoms with Crippen molar-refractivity contribution in [3.63, 3.8) is 0 Å². The molecule has 0 unspecified atom stereocenters. The average Bonchev–Trinajstić information content (AvgIpc) is 3.12. The van der Waals surface area contributed by atoms with Gasteiger partial charge in [-0.05, 0) is 49.2 Å².